The molecule has 0 amide bonds. The molecule has 1 aromatic rings. The molecule has 88 valence electrons. The van der Waals surface area contributed by atoms with Gasteiger partial charge in [0, 0.05) is 21.0 Å². The quantitative estimate of drug-likeness (QED) is 0.849. The Kier molecular flexibility index (Phi) is 3.62. The molecular weight excluding hydrogens is 291 g/mol. The molecule has 1 nitrogen and oxygen atoms in total. The van der Waals surface area contributed by atoms with Gasteiger partial charge in [-0.1, -0.05) is 29.8 Å². The van der Waals surface area contributed by atoms with Crippen molar-refractivity contribution in [1.82, 2.24) is 0 Å². The van der Waals surface area contributed by atoms with Crippen molar-refractivity contribution < 1.29 is 9.50 Å². The van der Waals surface area contributed by atoms with E-state index in [9.17, 15) is 9.50 Å². The molecule has 2 rings (SSSR count). The highest BCUT2D eigenvalue weighted by Crippen LogP contribution is 2.44. The summed E-state index contributed by atoms with van der Waals surface area (Å²) in [5.74, 6) is 0.802. The molecular formula is C12H14BrFOS. The lowest BCUT2D eigenvalue weighted by Gasteiger charge is -2.33. The molecule has 0 saturated heterocycles. The number of benzene rings is 1. The van der Waals surface area contributed by atoms with Crippen LogP contribution in [0.5, 0.6) is 0 Å². The third-order valence-corrected chi connectivity index (χ3v) is 5.32. The molecule has 0 aromatic heterocycles. The number of aliphatic hydroxyl groups excluding tert-OH is 1. The van der Waals surface area contributed by atoms with Crippen molar-refractivity contribution in [3.63, 3.8) is 0 Å². The number of aliphatic hydroxyl groups is 1. The Hall–Kier alpha value is -0.0600. The number of thioether (sulfide) groups is 1. The fourth-order valence-corrected chi connectivity index (χ4v) is 4.11. The molecule has 16 heavy (non-hydrogen) atoms. The largest absolute Gasteiger partial charge is 0.387 e. The van der Waals surface area contributed by atoms with Crippen LogP contribution in [0, 0.1) is 11.7 Å². The minimum Gasteiger partial charge on any atom is -0.387 e. The van der Waals surface area contributed by atoms with Gasteiger partial charge in [0.2, 0.25) is 0 Å². The van der Waals surface area contributed by atoms with Crippen LogP contribution in [0.1, 0.15) is 31.1 Å². The first-order chi connectivity index (χ1) is 7.52. The molecule has 1 aliphatic rings. The maximum atomic E-state index is 13.7. The Morgan fingerprint density at radius 2 is 2.19 bits per heavy atom. The zero-order valence-electron chi connectivity index (χ0n) is 9.21. The van der Waals surface area contributed by atoms with Gasteiger partial charge in [-0.25, -0.2) is 4.39 Å². The Labute approximate surface area is 108 Å². The molecule has 0 saturated carbocycles. The van der Waals surface area contributed by atoms with Crippen molar-refractivity contribution in [2.75, 3.05) is 0 Å². The van der Waals surface area contributed by atoms with E-state index in [1.165, 1.54) is 6.07 Å². The Morgan fingerprint density at radius 3 is 2.81 bits per heavy atom. The average molecular weight is 305 g/mol. The van der Waals surface area contributed by atoms with Crippen LogP contribution in [-0.2, 0) is 5.75 Å². The number of hydrogen-bond acceptors (Lipinski definition) is 2. The molecule has 1 aliphatic heterocycles. The van der Waals surface area contributed by atoms with Crippen LogP contribution in [0.4, 0.5) is 4.39 Å². The highest BCUT2D eigenvalue weighted by atomic mass is 79.9. The summed E-state index contributed by atoms with van der Waals surface area (Å²) < 4.78 is 14.6. The van der Waals surface area contributed by atoms with Crippen LogP contribution < -0.4 is 0 Å². The second-order valence-electron chi connectivity index (χ2n) is 4.39. The first-order valence-corrected chi connectivity index (χ1v) is 7.13. The molecule has 1 N–H and O–H groups in total. The average Bonchev–Trinajstić information content (AvgIpc) is 2.23. The molecule has 2 unspecified atom stereocenters. The third-order valence-electron chi connectivity index (χ3n) is 2.93. The van der Waals surface area contributed by atoms with E-state index in [-0.39, 0.29) is 11.1 Å². The molecule has 1 heterocycles. The van der Waals surface area contributed by atoms with Crippen LogP contribution in [0.15, 0.2) is 16.6 Å². The number of rotatable bonds is 1. The van der Waals surface area contributed by atoms with E-state index in [0.29, 0.717) is 11.5 Å². The summed E-state index contributed by atoms with van der Waals surface area (Å²) >= 11 is 5.11. The number of fused-ring (bicyclic) bond motifs is 1. The van der Waals surface area contributed by atoms with E-state index in [1.54, 1.807) is 17.8 Å². The van der Waals surface area contributed by atoms with Gasteiger partial charge in [-0.15, -0.1) is 0 Å². The van der Waals surface area contributed by atoms with Crippen LogP contribution in [0.3, 0.4) is 0 Å². The molecule has 2 atom stereocenters. The predicted octanol–water partition coefficient (Wildman–Crippen LogP) is 3.89. The van der Waals surface area contributed by atoms with Gasteiger partial charge < -0.3 is 5.11 Å². The van der Waals surface area contributed by atoms with Crippen LogP contribution in [0.2, 0.25) is 0 Å². The fourth-order valence-electron chi connectivity index (χ4n) is 2.07. The summed E-state index contributed by atoms with van der Waals surface area (Å²) in [4.78, 5) is 0. The highest BCUT2D eigenvalue weighted by molar-refractivity contribution is 9.10. The number of halogens is 2. The van der Waals surface area contributed by atoms with Gasteiger partial charge in [-0.3, -0.25) is 0 Å². The molecule has 0 bridgehead atoms. The van der Waals surface area contributed by atoms with E-state index in [4.69, 9.17) is 0 Å². The second kappa shape index (κ2) is 4.67. The lowest BCUT2D eigenvalue weighted by Crippen LogP contribution is -2.27. The van der Waals surface area contributed by atoms with Crippen molar-refractivity contribution in [3.05, 3.63) is 33.5 Å². The van der Waals surface area contributed by atoms with Gasteiger partial charge >= 0.3 is 0 Å². The smallest absolute Gasteiger partial charge is 0.129 e. The monoisotopic (exact) mass is 304 g/mol. The topological polar surface area (TPSA) is 20.2 Å². The van der Waals surface area contributed by atoms with Gasteiger partial charge in [0.15, 0.2) is 0 Å². The lowest BCUT2D eigenvalue weighted by molar-refractivity contribution is 0.151. The SMILES string of the molecule is CC(C)C1SCc2c(Br)ccc(F)c2C1O. The van der Waals surface area contributed by atoms with Gasteiger partial charge in [0.1, 0.15) is 5.82 Å². The van der Waals surface area contributed by atoms with Crippen LogP contribution >= 0.6 is 27.7 Å². The van der Waals surface area contributed by atoms with Gasteiger partial charge in [0.05, 0.1) is 6.10 Å². The van der Waals surface area contributed by atoms with Crippen LogP contribution in [-0.4, -0.2) is 10.4 Å². The van der Waals surface area contributed by atoms with E-state index >= 15 is 0 Å². The van der Waals surface area contributed by atoms with Crippen molar-refractivity contribution in [2.24, 2.45) is 5.92 Å². The Bertz CT molecular complexity index is 408. The normalized spacial score (nSPS) is 24.6. The maximum absolute atomic E-state index is 13.7. The molecule has 4 heteroatoms. The zero-order valence-corrected chi connectivity index (χ0v) is 11.6. The van der Waals surface area contributed by atoms with E-state index in [1.807, 2.05) is 0 Å². The van der Waals surface area contributed by atoms with Crippen molar-refractivity contribution in [1.29, 1.82) is 0 Å². The summed E-state index contributed by atoms with van der Waals surface area (Å²) in [6, 6.07) is 3.12. The first kappa shape index (κ1) is 12.4. The lowest BCUT2D eigenvalue weighted by atomic mass is 9.94. The maximum Gasteiger partial charge on any atom is 0.129 e. The summed E-state index contributed by atoms with van der Waals surface area (Å²) in [5.41, 5.74) is 1.38. The molecule has 0 radical (unpaired) electrons. The van der Waals surface area contributed by atoms with E-state index < -0.39 is 6.10 Å². The first-order valence-electron chi connectivity index (χ1n) is 5.28. The fraction of sp³-hybridized carbons (Fsp3) is 0.500. The standard InChI is InChI=1S/C12H14BrFOS/c1-6(2)12-11(15)10-7(5-16-12)8(13)3-4-9(10)14/h3-4,6,11-12,15H,5H2,1-2H3. The predicted molar refractivity (Wildman–Crippen MR) is 69.0 cm³/mol. The van der Waals surface area contributed by atoms with Crippen molar-refractivity contribution >= 4 is 27.7 Å². The molecule has 0 spiro atoms. The summed E-state index contributed by atoms with van der Waals surface area (Å²) in [5, 5.41) is 10.3. The molecule has 0 aliphatic carbocycles. The molecule has 0 fully saturated rings. The Morgan fingerprint density at radius 1 is 1.50 bits per heavy atom. The zero-order chi connectivity index (χ0) is 11.9. The summed E-state index contributed by atoms with van der Waals surface area (Å²) in [6.07, 6.45) is -0.703. The minimum atomic E-state index is -0.703. The summed E-state index contributed by atoms with van der Waals surface area (Å²) in [7, 11) is 0. The van der Waals surface area contributed by atoms with E-state index in [0.717, 1.165) is 15.8 Å². The van der Waals surface area contributed by atoms with Crippen molar-refractivity contribution in [2.45, 2.75) is 31.0 Å². The third kappa shape index (κ3) is 2.03. The second-order valence-corrected chi connectivity index (χ2v) is 6.41. The Balaban J connectivity index is 2.48. The highest BCUT2D eigenvalue weighted by Gasteiger charge is 2.33. The van der Waals surface area contributed by atoms with Crippen LogP contribution in [0.25, 0.3) is 0 Å². The van der Waals surface area contributed by atoms with Gasteiger partial charge in [0.25, 0.3) is 0 Å². The van der Waals surface area contributed by atoms with Crippen molar-refractivity contribution in [3.8, 4) is 0 Å². The molecule has 1 aromatic carbocycles. The van der Waals surface area contributed by atoms with E-state index in [2.05, 4.69) is 29.8 Å². The van der Waals surface area contributed by atoms with Gasteiger partial charge in [-0.2, -0.15) is 11.8 Å². The summed E-state index contributed by atoms with van der Waals surface area (Å²) in [6.45, 7) is 4.11. The number of hydrogen-bond donors (Lipinski definition) is 1. The minimum absolute atomic E-state index is 0.0799. The van der Waals surface area contributed by atoms with Gasteiger partial charge in [-0.05, 0) is 23.6 Å².